The normalized spacial score (nSPS) is 10.1. The van der Waals surface area contributed by atoms with E-state index < -0.39 is 5.97 Å². The fourth-order valence-electron chi connectivity index (χ4n) is 2.00. The smallest absolute Gasteiger partial charge is 0.0517 e. The minimum absolute atomic E-state index is 0. The van der Waals surface area contributed by atoms with Crippen molar-refractivity contribution < 1.29 is 9.90 Å². The monoisotopic (exact) mass is 297 g/mol. The quantitative estimate of drug-likeness (QED) is 0.527. The lowest BCUT2D eigenvalue weighted by molar-refractivity contribution is -0.301. The summed E-state index contributed by atoms with van der Waals surface area (Å²) in [5.41, 5.74) is 1.34. The molecule has 4 N–H and O–H groups in total. The van der Waals surface area contributed by atoms with Crippen molar-refractivity contribution in [2.24, 2.45) is 0 Å². The molecule has 20 heavy (non-hydrogen) atoms. The lowest BCUT2D eigenvalue weighted by atomic mass is 10.1. The van der Waals surface area contributed by atoms with Crippen molar-refractivity contribution in [3.05, 3.63) is 29.8 Å². The van der Waals surface area contributed by atoms with E-state index in [1.165, 1.54) is 55.9 Å². The molecule has 0 saturated heterocycles. The number of hydrogen-bond acceptors (Lipinski definition) is 3. The van der Waals surface area contributed by atoms with Crippen molar-refractivity contribution >= 4 is 17.7 Å². The van der Waals surface area contributed by atoms with E-state index in [2.05, 4.69) is 19.1 Å². The molecule has 0 unspecified atom stereocenters. The van der Waals surface area contributed by atoms with Gasteiger partial charge in [-0.3, -0.25) is 0 Å². The molecule has 0 amide bonds. The number of quaternary nitrogens is 1. The summed E-state index contributed by atoms with van der Waals surface area (Å²) in [7, 11) is 0. The van der Waals surface area contributed by atoms with Gasteiger partial charge in [0.1, 0.15) is 0 Å². The third kappa shape index (κ3) is 8.99. The van der Waals surface area contributed by atoms with Crippen LogP contribution in [0, 0.1) is 0 Å². The van der Waals surface area contributed by atoms with Crippen LogP contribution in [0.3, 0.4) is 0 Å². The number of hydrogen-bond donors (Lipinski definition) is 1. The number of unbranched alkanes of at least 4 members (excludes halogenated alkanes) is 5. The summed E-state index contributed by atoms with van der Waals surface area (Å²) in [5.74, 6) is -0.988. The zero-order chi connectivity index (χ0) is 13.9. The van der Waals surface area contributed by atoms with Gasteiger partial charge in [-0.1, -0.05) is 51.2 Å². The van der Waals surface area contributed by atoms with Gasteiger partial charge in [-0.25, -0.2) is 0 Å². The molecule has 0 aliphatic rings. The maximum Gasteiger partial charge on any atom is 0.0517 e. The van der Waals surface area contributed by atoms with Crippen LogP contribution < -0.4 is 11.3 Å². The van der Waals surface area contributed by atoms with Gasteiger partial charge in [0, 0.05) is 10.6 Å². The molecule has 0 spiro atoms. The van der Waals surface area contributed by atoms with Crippen LogP contribution in [-0.2, 0) is 11.2 Å². The number of carbonyl (C=O) groups excluding carboxylic acids is 1. The van der Waals surface area contributed by atoms with Crippen LogP contribution in [0.15, 0.2) is 29.2 Å². The first-order chi connectivity index (χ1) is 9.22. The largest absolute Gasteiger partial charge is 0.549 e. The van der Waals surface area contributed by atoms with E-state index in [0.717, 1.165) is 11.3 Å². The number of thioether (sulfide) groups is 1. The van der Waals surface area contributed by atoms with Crippen LogP contribution in [0.1, 0.15) is 51.0 Å². The van der Waals surface area contributed by atoms with Crippen molar-refractivity contribution in [3.63, 3.8) is 0 Å². The summed E-state index contributed by atoms with van der Waals surface area (Å²) in [5, 5.41) is 10.4. The summed E-state index contributed by atoms with van der Waals surface area (Å²) in [6.45, 7) is 2.24. The van der Waals surface area contributed by atoms with Crippen LogP contribution in [-0.4, -0.2) is 11.7 Å². The van der Waals surface area contributed by atoms with E-state index in [-0.39, 0.29) is 11.9 Å². The fourth-order valence-corrected chi connectivity index (χ4v) is 2.62. The number of aliphatic carboxylic acids is 1. The summed E-state index contributed by atoms with van der Waals surface area (Å²) in [6, 6.07) is 8.20. The predicted molar refractivity (Wildman–Crippen MR) is 85.2 cm³/mol. The first kappa shape index (κ1) is 19.0. The number of rotatable bonds is 10. The highest BCUT2D eigenvalue weighted by atomic mass is 32.2. The molecule has 0 radical (unpaired) electrons. The van der Waals surface area contributed by atoms with Crippen molar-refractivity contribution in [1.82, 2.24) is 6.15 Å². The highest BCUT2D eigenvalue weighted by Crippen LogP contribution is 2.19. The molecule has 1 rings (SSSR count). The zero-order valence-corrected chi connectivity index (χ0v) is 13.5. The summed E-state index contributed by atoms with van der Waals surface area (Å²) in [4.78, 5) is 11.4. The third-order valence-electron chi connectivity index (χ3n) is 3.10. The van der Waals surface area contributed by atoms with Gasteiger partial charge in [-0.05, 0) is 30.5 Å². The van der Waals surface area contributed by atoms with Gasteiger partial charge >= 0.3 is 0 Å². The van der Waals surface area contributed by atoms with E-state index in [0.29, 0.717) is 0 Å². The zero-order valence-electron chi connectivity index (χ0n) is 12.7. The summed E-state index contributed by atoms with van der Waals surface area (Å²) >= 11 is 1.31. The van der Waals surface area contributed by atoms with Gasteiger partial charge in [0.25, 0.3) is 0 Å². The number of aryl methyl sites for hydroxylation is 1. The van der Waals surface area contributed by atoms with E-state index in [1.54, 1.807) is 0 Å². The van der Waals surface area contributed by atoms with Crippen molar-refractivity contribution in [2.45, 2.75) is 56.8 Å². The lowest BCUT2D eigenvalue weighted by Crippen LogP contribution is -2.24. The van der Waals surface area contributed by atoms with Crippen LogP contribution in [0.25, 0.3) is 0 Å². The Morgan fingerprint density at radius 3 is 2.25 bits per heavy atom. The van der Waals surface area contributed by atoms with Gasteiger partial charge in [-0.15, -0.1) is 11.8 Å². The van der Waals surface area contributed by atoms with Crippen molar-refractivity contribution in [2.75, 3.05) is 5.75 Å². The average molecular weight is 297 g/mol. The highest BCUT2D eigenvalue weighted by molar-refractivity contribution is 8.00. The SMILES string of the molecule is CCCCCCCCc1ccc(SCC(=O)[O-])cc1.[NH4+]. The second-order valence-corrected chi connectivity index (χ2v) is 5.87. The molecule has 0 bridgehead atoms. The highest BCUT2D eigenvalue weighted by Gasteiger charge is 1.97. The van der Waals surface area contributed by atoms with Gasteiger partial charge in [0.15, 0.2) is 0 Å². The Hall–Kier alpha value is -1.00. The Morgan fingerprint density at radius 2 is 1.65 bits per heavy atom. The second kappa shape index (κ2) is 11.8. The van der Waals surface area contributed by atoms with E-state index >= 15 is 0 Å². The Balaban J connectivity index is 0.00000361. The Morgan fingerprint density at radius 1 is 1.05 bits per heavy atom. The maximum atomic E-state index is 10.4. The maximum absolute atomic E-state index is 10.4. The van der Waals surface area contributed by atoms with E-state index in [9.17, 15) is 9.90 Å². The molecule has 4 heteroatoms. The number of carboxylic acid groups (broad SMARTS) is 1. The molecule has 114 valence electrons. The first-order valence-corrected chi connectivity index (χ1v) is 8.12. The molecule has 3 nitrogen and oxygen atoms in total. The van der Waals surface area contributed by atoms with Gasteiger partial charge in [-0.2, -0.15) is 0 Å². The molecule has 0 atom stereocenters. The fraction of sp³-hybridized carbons (Fsp3) is 0.562. The van der Waals surface area contributed by atoms with Gasteiger partial charge in [0.05, 0.1) is 5.97 Å². The molecule has 0 saturated carbocycles. The molecule has 0 fully saturated rings. The molecular formula is C16H27NO2S. The van der Waals surface area contributed by atoms with Crippen LogP contribution in [0.5, 0.6) is 0 Å². The van der Waals surface area contributed by atoms with Crippen LogP contribution in [0.4, 0.5) is 0 Å². The summed E-state index contributed by atoms with van der Waals surface area (Å²) in [6.07, 6.45) is 9.02. The molecule has 0 heterocycles. The number of benzene rings is 1. The molecular weight excluding hydrogens is 270 g/mol. The topological polar surface area (TPSA) is 76.6 Å². The van der Waals surface area contributed by atoms with Gasteiger partial charge < -0.3 is 16.1 Å². The van der Waals surface area contributed by atoms with Crippen molar-refractivity contribution in [3.8, 4) is 0 Å². The van der Waals surface area contributed by atoms with Gasteiger partial charge in [0.2, 0.25) is 0 Å². The van der Waals surface area contributed by atoms with Crippen LogP contribution in [0.2, 0.25) is 0 Å². The standard InChI is InChI=1S/C16H24O2S.H3N/c1-2-3-4-5-6-7-8-14-9-11-15(12-10-14)19-13-16(17)18;/h9-12H,2-8,13H2,1H3,(H,17,18);1H3. The predicted octanol–water partition coefficient (Wildman–Crippen LogP) is 3.81. The van der Waals surface area contributed by atoms with Crippen LogP contribution >= 0.6 is 11.8 Å². The van der Waals surface area contributed by atoms with Crippen molar-refractivity contribution in [1.29, 1.82) is 0 Å². The molecule has 0 aliphatic carbocycles. The number of carbonyl (C=O) groups is 1. The average Bonchev–Trinajstić information content (AvgIpc) is 2.41. The molecule has 0 aromatic heterocycles. The van der Waals surface area contributed by atoms with E-state index in [1.807, 2.05) is 12.1 Å². The number of carboxylic acids is 1. The minimum atomic E-state index is -1.01. The Kier molecular flexibility index (Phi) is 11.2. The Labute approximate surface area is 126 Å². The minimum Gasteiger partial charge on any atom is -0.549 e. The molecule has 1 aromatic rings. The lowest BCUT2D eigenvalue weighted by Gasteiger charge is -2.05. The summed E-state index contributed by atoms with van der Waals surface area (Å²) < 4.78 is 0. The molecule has 0 aliphatic heterocycles. The van der Waals surface area contributed by atoms with E-state index in [4.69, 9.17) is 0 Å². The molecule has 1 aromatic carbocycles. The Bertz CT molecular complexity index is 365. The first-order valence-electron chi connectivity index (χ1n) is 7.14. The second-order valence-electron chi connectivity index (χ2n) is 4.82. The third-order valence-corrected chi connectivity index (χ3v) is 4.08.